The van der Waals surface area contributed by atoms with Gasteiger partial charge in [-0.15, -0.1) is 0 Å². The Bertz CT molecular complexity index is 844. The van der Waals surface area contributed by atoms with Gasteiger partial charge in [-0.3, -0.25) is 9.69 Å². The average Bonchev–Trinajstić information content (AvgIpc) is 3.38. The van der Waals surface area contributed by atoms with Crippen LogP contribution in [0.2, 0.25) is 0 Å². The van der Waals surface area contributed by atoms with Crippen LogP contribution in [0.1, 0.15) is 47.4 Å². The number of methoxy groups -OCH3 is 2. The molecule has 7 nitrogen and oxygen atoms in total. The highest BCUT2D eigenvalue weighted by Gasteiger charge is 2.35. The van der Waals surface area contributed by atoms with E-state index < -0.39 is 6.09 Å². The molecule has 26 heavy (non-hydrogen) atoms. The number of benzene rings is 1. The van der Waals surface area contributed by atoms with Crippen LogP contribution in [0.4, 0.5) is 10.5 Å². The second kappa shape index (κ2) is 7.49. The van der Waals surface area contributed by atoms with E-state index in [-0.39, 0.29) is 11.7 Å². The molecule has 0 radical (unpaired) electrons. The number of ether oxygens (including phenoxy) is 2. The van der Waals surface area contributed by atoms with Gasteiger partial charge < -0.3 is 14.0 Å². The summed E-state index contributed by atoms with van der Waals surface area (Å²) in [5.41, 5.74) is 1.06. The number of carbonyl (C=O) groups is 2. The van der Waals surface area contributed by atoms with E-state index in [1.54, 1.807) is 19.1 Å². The van der Waals surface area contributed by atoms with Gasteiger partial charge in [0, 0.05) is 16.9 Å². The molecule has 138 valence electrons. The van der Waals surface area contributed by atoms with Gasteiger partial charge in [0.1, 0.15) is 11.4 Å². The molecule has 1 fully saturated rings. The Morgan fingerprint density at radius 1 is 1.35 bits per heavy atom. The zero-order valence-corrected chi connectivity index (χ0v) is 16.3. The number of carbonyl (C=O) groups excluding carboxylic acids is 2. The first-order valence-corrected chi connectivity index (χ1v) is 9.03. The van der Waals surface area contributed by atoms with Gasteiger partial charge in [-0.2, -0.15) is 0 Å². The molecule has 3 rings (SSSR count). The summed E-state index contributed by atoms with van der Waals surface area (Å²) in [6.07, 6.45) is 2.81. The first-order valence-electron chi connectivity index (χ1n) is 8.24. The van der Waals surface area contributed by atoms with Gasteiger partial charge in [0.25, 0.3) is 0 Å². The molecule has 1 aromatic carbocycles. The summed E-state index contributed by atoms with van der Waals surface area (Å²) in [4.78, 5) is 27.0. The van der Waals surface area contributed by atoms with E-state index in [4.69, 9.17) is 14.0 Å². The van der Waals surface area contributed by atoms with Gasteiger partial charge in [0.2, 0.25) is 5.78 Å². The van der Waals surface area contributed by atoms with Gasteiger partial charge in [0.15, 0.2) is 5.76 Å². The molecule has 0 bridgehead atoms. The van der Waals surface area contributed by atoms with Crippen LogP contribution in [-0.4, -0.2) is 37.8 Å². The maximum Gasteiger partial charge on any atom is 0.414 e. The summed E-state index contributed by atoms with van der Waals surface area (Å²) in [5.74, 6) is 0.938. The summed E-state index contributed by atoms with van der Waals surface area (Å²) < 4.78 is 16.1. The maximum atomic E-state index is 13.3. The number of aromatic nitrogens is 1. The molecule has 1 amide bonds. The van der Waals surface area contributed by atoms with Gasteiger partial charge >= 0.3 is 6.09 Å². The Morgan fingerprint density at radius 2 is 2.08 bits per heavy atom. The fraction of sp³-hybridized carbons (Fsp3) is 0.389. The monoisotopic (exact) mass is 422 g/mol. The molecular weight excluding hydrogens is 404 g/mol. The normalized spacial score (nSPS) is 13.4. The zero-order chi connectivity index (χ0) is 18.8. The fourth-order valence-corrected chi connectivity index (χ4v) is 3.38. The van der Waals surface area contributed by atoms with Crippen LogP contribution in [0.3, 0.4) is 0 Å². The van der Waals surface area contributed by atoms with Crippen LogP contribution in [0, 0.1) is 0 Å². The Hall–Kier alpha value is -2.35. The largest absolute Gasteiger partial charge is 0.495 e. The third-order valence-electron chi connectivity index (χ3n) is 4.31. The van der Waals surface area contributed by atoms with E-state index in [0.29, 0.717) is 39.3 Å². The van der Waals surface area contributed by atoms with Gasteiger partial charge in [-0.1, -0.05) is 5.16 Å². The van der Waals surface area contributed by atoms with Crippen molar-refractivity contribution in [2.24, 2.45) is 0 Å². The van der Waals surface area contributed by atoms with Crippen molar-refractivity contribution in [1.82, 2.24) is 5.16 Å². The van der Waals surface area contributed by atoms with Crippen molar-refractivity contribution in [3.63, 3.8) is 0 Å². The smallest absolute Gasteiger partial charge is 0.414 e. The molecule has 1 heterocycles. The summed E-state index contributed by atoms with van der Waals surface area (Å²) in [7, 11) is 2.78. The van der Waals surface area contributed by atoms with Crippen LogP contribution in [0.15, 0.2) is 27.3 Å². The predicted octanol–water partition coefficient (Wildman–Crippen LogP) is 4.15. The third kappa shape index (κ3) is 3.21. The van der Waals surface area contributed by atoms with E-state index >= 15 is 0 Å². The standard InChI is InChI=1S/C18H19BrN2O5/c1-4-21(18(23)25-3)15-13(24-2)8-7-12(19)14(15)16(22)11-9-20-26-17(11)10-5-6-10/h7-10H,4-6H2,1-3H3. The number of anilines is 1. The zero-order valence-electron chi connectivity index (χ0n) is 14.7. The summed E-state index contributed by atoms with van der Waals surface area (Å²) in [6.45, 7) is 2.10. The average molecular weight is 423 g/mol. The number of hydrogen-bond donors (Lipinski definition) is 0. The van der Waals surface area contributed by atoms with Crippen molar-refractivity contribution in [3.05, 3.63) is 39.7 Å². The van der Waals surface area contributed by atoms with Crippen LogP contribution in [-0.2, 0) is 4.74 Å². The lowest BCUT2D eigenvalue weighted by atomic mass is 9.99. The van der Waals surface area contributed by atoms with E-state index in [0.717, 1.165) is 12.8 Å². The number of ketones is 1. The van der Waals surface area contributed by atoms with Crippen molar-refractivity contribution in [2.45, 2.75) is 25.7 Å². The van der Waals surface area contributed by atoms with Crippen LogP contribution >= 0.6 is 15.9 Å². The van der Waals surface area contributed by atoms with Gasteiger partial charge in [-0.25, -0.2) is 4.79 Å². The SMILES string of the molecule is CCN(C(=O)OC)c1c(OC)ccc(Br)c1C(=O)c1cnoc1C1CC1. The molecule has 0 saturated heterocycles. The molecular formula is C18H19BrN2O5. The van der Waals surface area contributed by atoms with Gasteiger partial charge in [-0.05, 0) is 47.8 Å². The first kappa shape index (κ1) is 18.4. The lowest BCUT2D eigenvalue weighted by molar-refractivity contribution is 0.103. The Morgan fingerprint density at radius 3 is 2.65 bits per heavy atom. The van der Waals surface area contributed by atoms with Gasteiger partial charge in [0.05, 0.1) is 31.5 Å². The second-order valence-electron chi connectivity index (χ2n) is 5.89. The minimum atomic E-state index is -0.578. The van der Waals surface area contributed by atoms with Crippen molar-refractivity contribution < 1.29 is 23.6 Å². The highest BCUT2D eigenvalue weighted by molar-refractivity contribution is 9.10. The molecule has 1 aliphatic rings. The fourth-order valence-electron chi connectivity index (χ4n) is 2.88. The van der Waals surface area contributed by atoms with E-state index in [9.17, 15) is 9.59 Å². The van der Waals surface area contributed by atoms with E-state index in [2.05, 4.69) is 21.1 Å². The number of amides is 1. The molecule has 1 aromatic heterocycles. The first-order chi connectivity index (χ1) is 12.5. The number of halogens is 1. The highest BCUT2D eigenvalue weighted by Crippen LogP contribution is 2.44. The maximum absolute atomic E-state index is 13.3. The molecule has 2 aromatic rings. The molecule has 1 saturated carbocycles. The quantitative estimate of drug-likeness (QED) is 0.650. The van der Waals surface area contributed by atoms with Crippen LogP contribution in [0.25, 0.3) is 0 Å². The Balaban J connectivity index is 2.17. The Kier molecular flexibility index (Phi) is 5.31. The van der Waals surface area contributed by atoms with E-state index in [1.165, 1.54) is 25.3 Å². The van der Waals surface area contributed by atoms with Crippen molar-refractivity contribution in [3.8, 4) is 5.75 Å². The Labute approximate surface area is 159 Å². The van der Waals surface area contributed by atoms with Crippen LogP contribution < -0.4 is 9.64 Å². The number of nitrogens with zero attached hydrogens (tertiary/aromatic N) is 2. The lowest BCUT2D eigenvalue weighted by Crippen LogP contribution is -2.32. The summed E-state index contributed by atoms with van der Waals surface area (Å²) in [6, 6.07) is 3.40. The second-order valence-corrected chi connectivity index (χ2v) is 6.75. The van der Waals surface area contributed by atoms with E-state index in [1.807, 2.05) is 0 Å². The van der Waals surface area contributed by atoms with Crippen molar-refractivity contribution >= 4 is 33.5 Å². The molecule has 0 unspecified atom stereocenters. The minimum Gasteiger partial charge on any atom is -0.495 e. The predicted molar refractivity (Wildman–Crippen MR) is 98.0 cm³/mol. The molecule has 0 aliphatic heterocycles. The minimum absolute atomic E-state index is 0.229. The van der Waals surface area contributed by atoms with Crippen LogP contribution in [0.5, 0.6) is 5.75 Å². The molecule has 0 atom stereocenters. The lowest BCUT2D eigenvalue weighted by Gasteiger charge is -2.24. The number of rotatable bonds is 6. The molecule has 1 aliphatic carbocycles. The van der Waals surface area contributed by atoms with Crippen molar-refractivity contribution in [1.29, 1.82) is 0 Å². The summed E-state index contributed by atoms with van der Waals surface area (Å²) in [5, 5.41) is 3.80. The molecule has 8 heteroatoms. The summed E-state index contributed by atoms with van der Waals surface area (Å²) >= 11 is 3.44. The third-order valence-corrected chi connectivity index (χ3v) is 4.97. The van der Waals surface area contributed by atoms with Crippen molar-refractivity contribution in [2.75, 3.05) is 25.7 Å². The highest BCUT2D eigenvalue weighted by atomic mass is 79.9. The number of hydrogen-bond acceptors (Lipinski definition) is 6. The molecule has 0 N–H and O–H groups in total. The molecule has 0 spiro atoms. The topological polar surface area (TPSA) is 81.9 Å².